The molecule has 2 aromatic rings. The molecule has 0 aliphatic carbocycles. The second-order valence-corrected chi connectivity index (χ2v) is 7.79. The standard InChI is InChI=1S/C18H21ClN2O5S/c1-12(18(22)20-11-13-6-4-5-7-16(13)25-2)21-27(23,24)14-8-9-17(26-3)15(19)10-14/h4-10,12,21H,11H2,1-3H3,(H,20,22)/t12-/m0/s1. The second kappa shape index (κ2) is 9.07. The van der Waals surface area contributed by atoms with E-state index in [-0.39, 0.29) is 16.5 Å². The van der Waals surface area contributed by atoms with Crippen molar-refractivity contribution in [1.29, 1.82) is 0 Å². The molecule has 2 N–H and O–H groups in total. The molecule has 2 rings (SSSR count). The van der Waals surface area contributed by atoms with Crippen LogP contribution in [-0.4, -0.2) is 34.6 Å². The zero-order valence-electron chi connectivity index (χ0n) is 15.2. The molecule has 7 nitrogen and oxygen atoms in total. The van der Waals surface area contributed by atoms with Crippen LogP contribution in [0, 0.1) is 0 Å². The summed E-state index contributed by atoms with van der Waals surface area (Å²) < 4.78 is 37.5. The molecule has 27 heavy (non-hydrogen) atoms. The maximum Gasteiger partial charge on any atom is 0.241 e. The molecule has 0 fully saturated rings. The highest BCUT2D eigenvalue weighted by Crippen LogP contribution is 2.27. The van der Waals surface area contributed by atoms with E-state index in [1.807, 2.05) is 18.2 Å². The van der Waals surface area contributed by atoms with Crippen molar-refractivity contribution in [3.63, 3.8) is 0 Å². The minimum absolute atomic E-state index is 0.0577. The predicted octanol–water partition coefficient (Wildman–Crippen LogP) is 2.34. The maximum atomic E-state index is 12.5. The Kier molecular flexibility index (Phi) is 7.06. The Morgan fingerprint density at radius 3 is 2.41 bits per heavy atom. The van der Waals surface area contributed by atoms with Crippen LogP contribution in [0.5, 0.6) is 11.5 Å². The van der Waals surface area contributed by atoms with Gasteiger partial charge < -0.3 is 14.8 Å². The van der Waals surface area contributed by atoms with E-state index in [2.05, 4.69) is 10.0 Å². The number of benzene rings is 2. The summed E-state index contributed by atoms with van der Waals surface area (Å²) in [4.78, 5) is 12.2. The Morgan fingerprint density at radius 1 is 1.11 bits per heavy atom. The fraction of sp³-hybridized carbons (Fsp3) is 0.278. The van der Waals surface area contributed by atoms with E-state index in [1.54, 1.807) is 6.07 Å². The molecule has 1 atom stereocenters. The van der Waals surface area contributed by atoms with Gasteiger partial charge in [0, 0.05) is 12.1 Å². The Bertz CT molecular complexity index is 918. The summed E-state index contributed by atoms with van der Waals surface area (Å²) in [7, 11) is -0.952. The van der Waals surface area contributed by atoms with Gasteiger partial charge in [0.05, 0.1) is 30.2 Å². The zero-order valence-corrected chi connectivity index (χ0v) is 16.7. The van der Waals surface area contributed by atoms with Crippen LogP contribution in [0.4, 0.5) is 0 Å². The van der Waals surface area contributed by atoms with Gasteiger partial charge in [-0.3, -0.25) is 4.79 Å². The monoisotopic (exact) mass is 412 g/mol. The number of carbonyl (C=O) groups is 1. The van der Waals surface area contributed by atoms with Gasteiger partial charge in [-0.1, -0.05) is 29.8 Å². The van der Waals surface area contributed by atoms with Gasteiger partial charge >= 0.3 is 0 Å². The minimum atomic E-state index is -3.92. The van der Waals surface area contributed by atoms with Crippen molar-refractivity contribution in [2.45, 2.75) is 24.4 Å². The number of hydrogen-bond donors (Lipinski definition) is 2. The fourth-order valence-corrected chi connectivity index (χ4v) is 3.90. The first-order valence-electron chi connectivity index (χ1n) is 8.04. The number of nitrogens with one attached hydrogen (secondary N) is 2. The molecule has 0 saturated heterocycles. The van der Waals surface area contributed by atoms with Crippen molar-refractivity contribution in [2.24, 2.45) is 0 Å². The van der Waals surface area contributed by atoms with Crippen LogP contribution in [0.1, 0.15) is 12.5 Å². The molecule has 0 aliphatic rings. The van der Waals surface area contributed by atoms with Gasteiger partial charge in [-0.2, -0.15) is 4.72 Å². The predicted molar refractivity (Wildman–Crippen MR) is 103 cm³/mol. The van der Waals surface area contributed by atoms with Crippen molar-refractivity contribution in [2.75, 3.05) is 14.2 Å². The van der Waals surface area contributed by atoms with Crippen LogP contribution in [0.3, 0.4) is 0 Å². The largest absolute Gasteiger partial charge is 0.496 e. The number of carbonyl (C=O) groups excluding carboxylic acids is 1. The summed E-state index contributed by atoms with van der Waals surface area (Å²) in [5.41, 5.74) is 0.783. The highest BCUT2D eigenvalue weighted by atomic mass is 35.5. The van der Waals surface area contributed by atoms with Gasteiger partial charge in [-0.25, -0.2) is 8.42 Å². The van der Waals surface area contributed by atoms with Gasteiger partial charge in [-0.05, 0) is 31.2 Å². The van der Waals surface area contributed by atoms with E-state index in [0.29, 0.717) is 11.5 Å². The molecule has 0 aromatic heterocycles. The molecule has 146 valence electrons. The van der Waals surface area contributed by atoms with Crippen LogP contribution in [0.25, 0.3) is 0 Å². The van der Waals surface area contributed by atoms with Gasteiger partial charge in [0.2, 0.25) is 15.9 Å². The van der Waals surface area contributed by atoms with E-state index in [4.69, 9.17) is 21.1 Å². The molecule has 1 amide bonds. The molecule has 0 radical (unpaired) electrons. The molecule has 0 saturated carbocycles. The molecule has 0 bridgehead atoms. The van der Waals surface area contributed by atoms with Crippen LogP contribution in [0.15, 0.2) is 47.4 Å². The smallest absolute Gasteiger partial charge is 0.241 e. The molecule has 9 heteroatoms. The van der Waals surface area contributed by atoms with Crippen LogP contribution in [-0.2, 0) is 21.4 Å². The first kappa shape index (κ1) is 21.0. The van der Waals surface area contributed by atoms with E-state index in [1.165, 1.54) is 39.3 Å². The summed E-state index contributed by atoms with van der Waals surface area (Å²) in [5.74, 6) is 0.529. The molecule has 2 aromatic carbocycles. The molecule has 0 unspecified atom stereocenters. The van der Waals surface area contributed by atoms with Crippen molar-refractivity contribution in [3.8, 4) is 11.5 Å². The van der Waals surface area contributed by atoms with Crippen molar-refractivity contribution < 1.29 is 22.7 Å². The van der Waals surface area contributed by atoms with Crippen molar-refractivity contribution in [3.05, 3.63) is 53.1 Å². The Balaban J connectivity index is 2.03. The van der Waals surface area contributed by atoms with Crippen LogP contribution < -0.4 is 19.5 Å². The van der Waals surface area contributed by atoms with E-state index in [0.717, 1.165) is 5.56 Å². The highest BCUT2D eigenvalue weighted by molar-refractivity contribution is 7.89. The summed E-state index contributed by atoms with van der Waals surface area (Å²) in [6.45, 7) is 1.67. The molecular formula is C18H21ClN2O5S. The summed E-state index contributed by atoms with van der Waals surface area (Å²) >= 11 is 5.97. The SMILES string of the molecule is COc1ccc(S(=O)(=O)N[C@@H](C)C(=O)NCc2ccccc2OC)cc1Cl. The Morgan fingerprint density at radius 2 is 1.78 bits per heavy atom. The third-order valence-electron chi connectivity index (χ3n) is 3.80. The van der Waals surface area contributed by atoms with E-state index < -0.39 is 22.0 Å². The van der Waals surface area contributed by atoms with E-state index >= 15 is 0 Å². The molecular weight excluding hydrogens is 392 g/mol. The first-order valence-corrected chi connectivity index (χ1v) is 9.90. The maximum absolute atomic E-state index is 12.5. The Hall–Kier alpha value is -2.29. The summed E-state index contributed by atoms with van der Waals surface area (Å²) in [5, 5.41) is 2.85. The van der Waals surface area contributed by atoms with Gasteiger partial charge in [0.15, 0.2) is 0 Å². The highest BCUT2D eigenvalue weighted by Gasteiger charge is 2.23. The minimum Gasteiger partial charge on any atom is -0.496 e. The third kappa shape index (κ3) is 5.35. The number of para-hydroxylation sites is 1. The van der Waals surface area contributed by atoms with Gasteiger partial charge in [-0.15, -0.1) is 0 Å². The lowest BCUT2D eigenvalue weighted by molar-refractivity contribution is -0.122. The zero-order chi connectivity index (χ0) is 20.0. The number of hydrogen-bond acceptors (Lipinski definition) is 5. The average molecular weight is 413 g/mol. The molecule has 0 spiro atoms. The fourth-order valence-electron chi connectivity index (χ4n) is 2.35. The topological polar surface area (TPSA) is 93.7 Å². The van der Waals surface area contributed by atoms with E-state index in [9.17, 15) is 13.2 Å². The third-order valence-corrected chi connectivity index (χ3v) is 5.64. The average Bonchev–Trinajstić information content (AvgIpc) is 2.65. The summed E-state index contributed by atoms with van der Waals surface area (Å²) in [6.07, 6.45) is 0. The second-order valence-electron chi connectivity index (χ2n) is 5.67. The van der Waals surface area contributed by atoms with Gasteiger partial charge in [0.25, 0.3) is 0 Å². The number of sulfonamides is 1. The number of ether oxygens (including phenoxy) is 2. The molecule has 0 aliphatic heterocycles. The van der Waals surface area contributed by atoms with Gasteiger partial charge in [0.1, 0.15) is 11.5 Å². The quantitative estimate of drug-likeness (QED) is 0.694. The lowest BCUT2D eigenvalue weighted by Crippen LogP contribution is -2.44. The molecule has 0 heterocycles. The Labute approximate surface area is 163 Å². The number of amides is 1. The number of rotatable bonds is 8. The normalized spacial score (nSPS) is 12.3. The van der Waals surface area contributed by atoms with Crippen molar-refractivity contribution >= 4 is 27.5 Å². The van der Waals surface area contributed by atoms with Crippen LogP contribution >= 0.6 is 11.6 Å². The number of methoxy groups -OCH3 is 2. The van der Waals surface area contributed by atoms with Crippen molar-refractivity contribution in [1.82, 2.24) is 10.0 Å². The lowest BCUT2D eigenvalue weighted by Gasteiger charge is -2.16. The number of halogens is 1. The summed E-state index contributed by atoms with van der Waals surface area (Å²) in [6, 6.07) is 10.3. The lowest BCUT2D eigenvalue weighted by atomic mass is 10.2. The van der Waals surface area contributed by atoms with Crippen LogP contribution in [0.2, 0.25) is 5.02 Å². The first-order chi connectivity index (χ1) is 12.8.